The van der Waals surface area contributed by atoms with Crippen LogP contribution in [0.15, 0.2) is 16.9 Å². The van der Waals surface area contributed by atoms with Crippen LogP contribution >= 0.6 is 0 Å². The Hall–Kier alpha value is -1.62. The van der Waals surface area contributed by atoms with Crippen LogP contribution in [0.1, 0.15) is 43.0 Å². The largest absolute Gasteiger partial charge is 0.342 e. The Balaban J connectivity index is 1.64. The first kappa shape index (κ1) is 13.4. The average Bonchev–Trinajstić information content (AvgIpc) is 2.98. The number of hydrogen-bond acceptors (Lipinski definition) is 3. The Bertz CT molecular complexity index is 546. The molecule has 0 spiro atoms. The molecule has 0 aromatic carbocycles. The zero-order valence-electron chi connectivity index (χ0n) is 11.7. The summed E-state index contributed by atoms with van der Waals surface area (Å²) in [6, 6.07) is 3.65. The lowest BCUT2D eigenvalue weighted by atomic mass is 9.91. The molecule has 1 unspecified atom stereocenters. The van der Waals surface area contributed by atoms with E-state index >= 15 is 0 Å². The van der Waals surface area contributed by atoms with Gasteiger partial charge in [-0.25, -0.2) is 0 Å². The third-order valence-corrected chi connectivity index (χ3v) is 4.29. The van der Waals surface area contributed by atoms with Gasteiger partial charge in [0.25, 0.3) is 0 Å². The summed E-state index contributed by atoms with van der Waals surface area (Å²) in [6.07, 6.45) is 5.23. The van der Waals surface area contributed by atoms with Crippen LogP contribution in [-0.4, -0.2) is 35.4 Å². The van der Waals surface area contributed by atoms with Crippen molar-refractivity contribution in [2.24, 2.45) is 0 Å². The van der Waals surface area contributed by atoms with E-state index in [4.69, 9.17) is 0 Å². The van der Waals surface area contributed by atoms with Gasteiger partial charge in [0.2, 0.25) is 11.5 Å². The first-order chi connectivity index (χ1) is 9.74. The monoisotopic (exact) mass is 275 g/mol. The van der Waals surface area contributed by atoms with Crippen LogP contribution in [0.3, 0.4) is 0 Å². The Morgan fingerprint density at radius 1 is 1.30 bits per heavy atom. The Morgan fingerprint density at radius 2 is 2.10 bits per heavy atom. The lowest BCUT2D eigenvalue weighted by Crippen LogP contribution is -2.38. The molecule has 1 saturated heterocycles. The number of aromatic amines is 1. The lowest BCUT2D eigenvalue weighted by Gasteiger charge is -2.26. The lowest BCUT2D eigenvalue weighted by molar-refractivity contribution is -0.129. The van der Waals surface area contributed by atoms with Crippen molar-refractivity contribution >= 4 is 5.91 Å². The van der Waals surface area contributed by atoms with Gasteiger partial charge in [-0.05, 0) is 37.7 Å². The summed E-state index contributed by atoms with van der Waals surface area (Å²) in [7, 11) is 0. The van der Waals surface area contributed by atoms with E-state index in [0.29, 0.717) is 6.54 Å². The summed E-state index contributed by atoms with van der Waals surface area (Å²) in [4.78, 5) is 28.3. The molecule has 20 heavy (non-hydrogen) atoms. The molecule has 1 fully saturated rings. The number of hydrogen-bond donors (Lipinski definition) is 2. The van der Waals surface area contributed by atoms with Crippen LogP contribution in [-0.2, 0) is 11.2 Å². The molecule has 3 rings (SSSR count). The van der Waals surface area contributed by atoms with E-state index < -0.39 is 0 Å². The fraction of sp³-hybridized carbons (Fsp3) is 0.600. The van der Waals surface area contributed by atoms with Crippen molar-refractivity contribution in [3.8, 4) is 0 Å². The maximum Gasteiger partial charge on any atom is 0.248 e. The molecular weight excluding hydrogens is 254 g/mol. The van der Waals surface area contributed by atoms with E-state index in [2.05, 4.69) is 10.3 Å². The summed E-state index contributed by atoms with van der Waals surface area (Å²) in [5.74, 6) is 0.194. The van der Waals surface area contributed by atoms with E-state index in [0.717, 1.165) is 56.5 Å². The molecule has 2 heterocycles. The number of carbonyl (C=O) groups excluding carboxylic acids is 1. The Morgan fingerprint density at radius 3 is 2.90 bits per heavy atom. The van der Waals surface area contributed by atoms with Crippen LogP contribution in [0.5, 0.6) is 0 Å². The third-order valence-electron chi connectivity index (χ3n) is 4.29. The summed E-state index contributed by atoms with van der Waals surface area (Å²) >= 11 is 0. The zero-order valence-corrected chi connectivity index (χ0v) is 11.7. The van der Waals surface area contributed by atoms with Gasteiger partial charge in [0, 0.05) is 30.9 Å². The molecule has 1 aliphatic carbocycles. The number of likely N-dealkylation sites (tertiary alicyclic amines) is 1. The van der Waals surface area contributed by atoms with Crippen LogP contribution in [0, 0.1) is 0 Å². The molecule has 1 aliphatic heterocycles. The molecule has 1 aromatic heterocycles. The number of pyridine rings is 1. The van der Waals surface area contributed by atoms with Gasteiger partial charge in [-0.2, -0.15) is 0 Å². The minimum atomic E-state index is -0.0439. The molecular formula is C15H21N3O2. The van der Waals surface area contributed by atoms with Gasteiger partial charge in [0.1, 0.15) is 0 Å². The van der Waals surface area contributed by atoms with Gasteiger partial charge in [-0.1, -0.05) is 6.07 Å². The van der Waals surface area contributed by atoms with Crippen LogP contribution < -0.4 is 10.9 Å². The number of fused-ring (bicyclic) bond motifs is 1. The minimum absolute atomic E-state index is 0.0439. The number of carbonyl (C=O) groups is 1. The zero-order chi connectivity index (χ0) is 13.9. The summed E-state index contributed by atoms with van der Waals surface area (Å²) in [6.45, 7) is 2.19. The Kier molecular flexibility index (Phi) is 3.87. The highest BCUT2D eigenvalue weighted by Crippen LogP contribution is 2.27. The molecule has 0 radical (unpaired) electrons. The SMILES string of the molecule is O=C(CNC1CCCc2[nH]c(=O)ccc21)N1CCCC1. The molecule has 5 nitrogen and oxygen atoms in total. The highest BCUT2D eigenvalue weighted by molar-refractivity contribution is 5.78. The molecule has 0 bridgehead atoms. The van der Waals surface area contributed by atoms with Crippen LogP contribution in [0.25, 0.3) is 0 Å². The summed E-state index contributed by atoms with van der Waals surface area (Å²) in [5.41, 5.74) is 2.12. The highest BCUT2D eigenvalue weighted by atomic mass is 16.2. The van der Waals surface area contributed by atoms with E-state index in [-0.39, 0.29) is 17.5 Å². The molecule has 2 N–H and O–H groups in total. The normalized spacial score (nSPS) is 21.8. The molecule has 0 saturated carbocycles. The predicted molar refractivity (Wildman–Crippen MR) is 76.6 cm³/mol. The van der Waals surface area contributed by atoms with Crippen molar-refractivity contribution in [2.75, 3.05) is 19.6 Å². The first-order valence-electron chi connectivity index (χ1n) is 7.47. The number of nitrogens with one attached hydrogen (secondary N) is 2. The molecule has 2 aliphatic rings. The second-order valence-electron chi connectivity index (χ2n) is 5.67. The van der Waals surface area contributed by atoms with Gasteiger partial charge in [0.05, 0.1) is 6.54 Å². The third kappa shape index (κ3) is 2.77. The van der Waals surface area contributed by atoms with Gasteiger partial charge >= 0.3 is 0 Å². The topological polar surface area (TPSA) is 65.2 Å². The second-order valence-corrected chi connectivity index (χ2v) is 5.67. The van der Waals surface area contributed by atoms with E-state index in [1.807, 2.05) is 11.0 Å². The van der Waals surface area contributed by atoms with Crippen molar-refractivity contribution in [2.45, 2.75) is 38.1 Å². The fourth-order valence-electron chi connectivity index (χ4n) is 3.20. The van der Waals surface area contributed by atoms with E-state index in [9.17, 15) is 9.59 Å². The van der Waals surface area contributed by atoms with Gasteiger partial charge in [-0.15, -0.1) is 0 Å². The molecule has 5 heteroatoms. The van der Waals surface area contributed by atoms with E-state index in [1.54, 1.807) is 6.07 Å². The van der Waals surface area contributed by atoms with Gasteiger partial charge in [0.15, 0.2) is 0 Å². The first-order valence-corrected chi connectivity index (χ1v) is 7.47. The molecule has 1 aromatic rings. The van der Waals surface area contributed by atoms with Crippen molar-refractivity contribution < 1.29 is 4.79 Å². The second kappa shape index (κ2) is 5.79. The van der Waals surface area contributed by atoms with Crippen molar-refractivity contribution in [3.05, 3.63) is 33.7 Å². The van der Waals surface area contributed by atoms with Crippen molar-refractivity contribution in [3.63, 3.8) is 0 Å². The van der Waals surface area contributed by atoms with Crippen LogP contribution in [0.4, 0.5) is 0 Å². The van der Waals surface area contributed by atoms with Gasteiger partial charge in [-0.3, -0.25) is 9.59 Å². The van der Waals surface area contributed by atoms with Crippen molar-refractivity contribution in [1.82, 2.24) is 15.2 Å². The van der Waals surface area contributed by atoms with Gasteiger partial charge < -0.3 is 15.2 Å². The minimum Gasteiger partial charge on any atom is -0.342 e. The highest BCUT2D eigenvalue weighted by Gasteiger charge is 2.23. The average molecular weight is 275 g/mol. The van der Waals surface area contributed by atoms with Crippen LogP contribution in [0.2, 0.25) is 0 Å². The number of H-pyrrole nitrogens is 1. The maximum atomic E-state index is 12.1. The summed E-state index contributed by atoms with van der Waals surface area (Å²) in [5, 5.41) is 3.36. The number of aryl methyl sites for hydroxylation is 1. The van der Waals surface area contributed by atoms with E-state index in [1.165, 1.54) is 0 Å². The number of rotatable bonds is 3. The molecule has 1 amide bonds. The number of nitrogens with zero attached hydrogens (tertiary/aromatic N) is 1. The number of amides is 1. The smallest absolute Gasteiger partial charge is 0.248 e. The molecule has 108 valence electrons. The quantitative estimate of drug-likeness (QED) is 0.863. The summed E-state index contributed by atoms with van der Waals surface area (Å²) < 4.78 is 0. The molecule has 1 atom stereocenters. The maximum absolute atomic E-state index is 12.1. The van der Waals surface area contributed by atoms with Crippen molar-refractivity contribution in [1.29, 1.82) is 0 Å². The number of aromatic nitrogens is 1. The standard InChI is InChI=1S/C15H21N3O2/c19-14-7-6-11-12(4-3-5-13(11)17-14)16-10-15(20)18-8-1-2-9-18/h6-7,12,16H,1-5,8-10H2,(H,17,19). The Labute approximate surface area is 118 Å². The predicted octanol–water partition coefficient (Wildman–Crippen LogP) is 0.964. The fourth-order valence-corrected chi connectivity index (χ4v) is 3.20.